The molecule has 2 N–H and O–H groups in total. The molecule has 8 aromatic heterocycles. The van der Waals surface area contributed by atoms with Gasteiger partial charge in [-0.2, -0.15) is 0 Å². The molecular formula is C80H61Ir2N6O4-2. The number of pyridine rings is 6. The zero-order chi connectivity index (χ0) is 62.2. The first-order chi connectivity index (χ1) is 44.7. The van der Waals surface area contributed by atoms with Gasteiger partial charge in [0, 0.05) is 93.2 Å². The van der Waals surface area contributed by atoms with Gasteiger partial charge in [-0.25, -0.2) is 0 Å². The van der Waals surface area contributed by atoms with Crippen LogP contribution in [0.4, 0.5) is 0 Å². The van der Waals surface area contributed by atoms with E-state index >= 15 is 0 Å². The largest absolute Gasteiger partial charge is 3.00 e. The number of aliphatic hydroxyl groups excluding tert-OH is 2. The van der Waals surface area contributed by atoms with Gasteiger partial charge in [-0.3, -0.25) is 4.98 Å². The number of aromatic nitrogens is 6. The van der Waals surface area contributed by atoms with E-state index in [1.807, 2.05) is 267 Å². The molecule has 16 aromatic rings. The second-order valence-corrected chi connectivity index (χ2v) is 18.9. The van der Waals surface area contributed by atoms with E-state index in [1.54, 1.807) is 37.2 Å². The molecule has 16 rings (SSSR count). The van der Waals surface area contributed by atoms with Crippen molar-refractivity contribution in [3.8, 4) is 67.5 Å². The van der Waals surface area contributed by atoms with Gasteiger partial charge in [0.05, 0.1) is 11.3 Å². The van der Waals surface area contributed by atoms with Gasteiger partial charge in [0.25, 0.3) is 0 Å². The minimum atomic E-state index is 0. The van der Waals surface area contributed by atoms with Crippen LogP contribution in [-0.2, 0) is 40.2 Å². The van der Waals surface area contributed by atoms with Gasteiger partial charge < -0.3 is 44.0 Å². The van der Waals surface area contributed by atoms with Crippen molar-refractivity contribution in [2.45, 2.75) is 0 Å². The molecule has 8 heterocycles. The molecule has 455 valence electrons. The van der Waals surface area contributed by atoms with Gasteiger partial charge in [0.15, 0.2) is 0 Å². The fourth-order valence-corrected chi connectivity index (χ4v) is 9.16. The molecule has 0 atom stereocenters. The summed E-state index contributed by atoms with van der Waals surface area (Å²) >= 11 is 0. The Morgan fingerprint density at radius 1 is 0.261 bits per heavy atom. The van der Waals surface area contributed by atoms with Crippen LogP contribution < -0.4 is 0 Å². The number of benzene rings is 8. The predicted molar refractivity (Wildman–Crippen MR) is 363 cm³/mol. The fourth-order valence-electron chi connectivity index (χ4n) is 9.16. The maximum Gasteiger partial charge on any atom is 3.00 e. The molecule has 0 saturated heterocycles. The Bertz CT molecular complexity index is 4010. The molecule has 0 bridgehead atoms. The van der Waals surface area contributed by atoms with Crippen molar-refractivity contribution in [3.63, 3.8) is 0 Å². The third-order valence-electron chi connectivity index (χ3n) is 13.2. The summed E-state index contributed by atoms with van der Waals surface area (Å²) in [6, 6.07) is 109. The van der Waals surface area contributed by atoms with E-state index in [-0.39, 0.29) is 40.2 Å². The molecule has 8 aromatic carbocycles. The Labute approximate surface area is 563 Å². The minimum Gasteiger partial charge on any atom is -0.501 e. The number of para-hydroxylation sites is 3. The first-order valence-corrected chi connectivity index (χ1v) is 28.7. The monoisotopic (exact) mass is 1560 g/mol. The standard InChI is InChI=1S/C17H11NO.C17H10NO.4C11H8N.2CH4O.2Ir/c2*1-2-10-16-12(6-1)13-7-5-8-14(17(13)19-16)15-9-3-4-11-18-15;4*1-2-6-10(7-3-1)11-8-4-5-9-12-11;2*1-2;;/h1-11H;1-7,9-11H;4*1-6,8-9H;2*2H,1H3;;/q;5*-1;;;;+3. The summed E-state index contributed by atoms with van der Waals surface area (Å²) < 4.78 is 12.0. The van der Waals surface area contributed by atoms with E-state index in [4.69, 9.17) is 19.0 Å². The van der Waals surface area contributed by atoms with Gasteiger partial charge in [0.2, 0.25) is 0 Å². The number of aliphatic hydroxyl groups is 2. The zero-order valence-corrected chi connectivity index (χ0v) is 55.0. The summed E-state index contributed by atoms with van der Waals surface area (Å²) in [5.74, 6) is 0. The van der Waals surface area contributed by atoms with Gasteiger partial charge >= 0.3 is 20.1 Å². The van der Waals surface area contributed by atoms with Crippen molar-refractivity contribution in [2.75, 3.05) is 14.2 Å². The predicted octanol–water partition coefficient (Wildman–Crippen LogP) is 18.5. The van der Waals surface area contributed by atoms with E-state index < -0.39 is 0 Å². The molecule has 92 heavy (non-hydrogen) atoms. The van der Waals surface area contributed by atoms with Crippen LogP contribution in [0.2, 0.25) is 0 Å². The molecule has 10 nitrogen and oxygen atoms in total. The summed E-state index contributed by atoms with van der Waals surface area (Å²) in [5.41, 5.74) is 15.4. The zero-order valence-electron chi connectivity index (χ0n) is 50.2. The van der Waals surface area contributed by atoms with Crippen LogP contribution in [0.1, 0.15) is 0 Å². The maximum atomic E-state index is 7.00. The Morgan fingerprint density at radius 2 is 0.565 bits per heavy atom. The number of furan rings is 2. The minimum absolute atomic E-state index is 0. The smallest absolute Gasteiger partial charge is 0.501 e. The van der Waals surface area contributed by atoms with E-state index in [9.17, 15) is 0 Å². The third-order valence-corrected chi connectivity index (χ3v) is 13.2. The number of hydrogen-bond donors (Lipinski definition) is 2. The molecule has 0 unspecified atom stereocenters. The second kappa shape index (κ2) is 38.1. The average Bonchev–Trinajstić information content (AvgIpc) is 1.66. The summed E-state index contributed by atoms with van der Waals surface area (Å²) in [4.78, 5) is 25.7. The van der Waals surface area contributed by atoms with Crippen molar-refractivity contribution < 1.29 is 59.3 Å². The molecule has 12 heteroatoms. The average molecular weight is 1550 g/mol. The van der Waals surface area contributed by atoms with Crippen LogP contribution in [0.3, 0.4) is 0 Å². The SMILES string of the molecule is CO.CO.[Ir+3].[Ir].[c-]1ccc2c(oc3ccccc32)c1-c1ccccn1.[c-]1ccccc1-c1ccccn1.[c-]1ccccc1-c1ccccn1.[c-]1ccccc1-c1ccccn1.[c-]1ccccc1-c1ccccn1.c1ccc(-c2cccc3c2oc2ccccc23)nc1. The van der Waals surface area contributed by atoms with Crippen molar-refractivity contribution in [1.29, 1.82) is 0 Å². The van der Waals surface area contributed by atoms with Gasteiger partial charge in [0.1, 0.15) is 16.7 Å². The Morgan fingerprint density at radius 3 is 0.913 bits per heavy atom. The Balaban J connectivity index is 0.000000156. The quantitative estimate of drug-likeness (QED) is 0.154. The van der Waals surface area contributed by atoms with E-state index in [0.29, 0.717) is 0 Å². The first-order valence-electron chi connectivity index (χ1n) is 28.7. The summed E-state index contributed by atoms with van der Waals surface area (Å²) in [5, 5.41) is 18.5. The van der Waals surface area contributed by atoms with Crippen LogP contribution in [0.25, 0.3) is 111 Å². The van der Waals surface area contributed by atoms with Crippen LogP contribution >= 0.6 is 0 Å². The van der Waals surface area contributed by atoms with Crippen LogP contribution in [0, 0.1) is 30.3 Å². The number of nitrogens with zero attached hydrogens (tertiary/aromatic N) is 6. The molecule has 0 spiro atoms. The third kappa shape index (κ3) is 19.2. The molecular weight excluding hydrogens is 1490 g/mol. The van der Waals surface area contributed by atoms with E-state index in [1.165, 1.54) is 0 Å². The van der Waals surface area contributed by atoms with Gasteiger partial charge in [-0.1, -0.05) is 126 Å². The van der Waals surface area contributed by atoms with Crippen LogP contribution in [0.15, 0.2) is 331 Å². The number of hydrogen-bond acceptors (Lipinski definition) is 10. The Kier molecular flexibility index (Phi) is 28.6. The van der Waals surface area contributed by atoms with E-state index in [2.05, 4.69) is 78.4 Å². The number of fused-ring (bicyclic) bond motifs is 6. The molecule has 0 amide bonds. The second-order valence-electron chi connectivity index (χ2n) is 18.9. The van der Waals surface area contributed by atoms with Crippen LogP contribution in [-0.4, -0.2) is 54.3 Å². The molecule has 0 aliphatic carbocycles. The molecule has 1 radical (unpaired) electrons. The van der Waals surface area contributed by atoms with Crippen molar-refractivity contribution in [3.05, 3.63) is 353 Å². The van der Waals surface area contributed by atoms with Gasteiger partial charge in [-0.05, 0) is 89.1 Å². The number of rotatable bonds is 6. The van der Waals surface area contributed by atoms with Gasteiger partial charge in [-0.15, -0.1) is 162 Å². The summed E-state index contributed by atoms with van der Waals surface area (Å²) in [6.07, 6.45) is 10.7. The Hall–Kier alpha value is -10.5. The summed E-state index contributed by atoms with van der Waals surface area (Å²) in [7, 11) is 2.00. The molecule has 0 saturated carbocycles. The normalized spacial score (nSPS) is 9.78. The molecule has 0 fully saturated rings. The van der Waals surface area contributed by atoms with Crippen molar-refractivity contribution in [1.82, 2.24) is 29.9 Å². The van der Waals surface area contributed by atoms with Crippen LogP contribution in [0.5, 0.6) is 0 Å². The molecule has 0 aliphatic rings. The first kappa shape index (κ1) is 69.0. The topological polar surface area (TPSA) is 144 Å². The van der Waals surface area contributed by atoms with Crippen molar-refractivity contribution >= 4 is 43.9 Å². The molecule has 0 aliphatic heterocycles. The maximum absolute atomic E-state index is 7.00. The summed E-state index contributed by atoms with van der Waals surface area (Å²) in [6.45, 7) is 0. The fraction of sp³-hybridized carbons (Fsp3) is 0.0250. The van der Waals surface area contributed by atoms with E-state index in [0.717, 1.165) is 126 Å². The van der Waals surface area contributed by atoms with Crippen molar-refractivity contribution in [2.24, 2.45) is 0 Å².